The molecule has 4 N–H and O–H groups in total. The zero-order chi connectivity index (χ0) is 21.7. The van der Waals surface area contributed by atoms with Gasteiger partial charge in [-0.25, -0.2) is 0 Å². The molecule has 28 heavy (non-hydrogen) atoms. The molecule has 0 aliphatic rings. The lowest BCUT2D eigenvalue weighted by molar-refractivity contribution is -0.156. The van der Waals surface area contributed by atoms with Crippen molar-refractivity contribution in [1.82, 2.24) is 21.3 Å². The number of esters is 1. The van der Waals surface area contributed by atoms with Crippen LogP contribution in [0.15, 0.2) is 0 Å². The Bertz CT molecular complexity index is 607. The van der Waals surface area contributed by atoms with Crippen LogP contribution in [0, 0.1) is 0 Å². The number of carbonyl (C=O) groups excluding carboxylic acids is 6. The molecule has 12 heteroatoms. The van der Waals surface area contributed by atoms with E-state index in [-0.39, 0.29) is 25.5 Å². The summed E-state index contributed by atoms with van der Waals surface area (Å²) in [7, 11) is 1.36. The standard InChI is InChI=1S/C16H26N4O8/c1-9(21)5-12(22)17-7-18-13(23)6-14(24)28-11(3)16(26)20-8-19-15(25)10(2)27-4/h10-11H,5-8H2,1-4H3,(H,17,22)(H,18,23)(H,19,25)(H,20,26). The zero-order valence-corrected chi connectivity index (χ0v) is 16.2. The first kappa shape index (κ1) is 25.0. The van der Waals surface area contributed by atoms with Crippen LogP contribution in [0.25, 0.3) is 0 Å². The number of rotatable bonds is 12. The zero-order valence-electron chi connectivity index (χ0n) is 16.2. The van der Waals surface area contributed by atoms with Crippen molar-refractivity contribution in [1.29, 1.82) is 0 Å². The molecule has 0 heterocycles. The van der Waals surface area contributed by atoms with Crippen molar-refractivity contribution in [2.45, 2.75) is 45.8 Å². The fourth-order valence-electron chi connectivity index (χ4n) is 1.63. The molecule has 2 atom stereocenters. The van der Waals surface area contributed by atoms with Gasteiger partial charge in [0, 0.05) is 7.11 Å². The van der Waals surface area contributed by atoms with Gasteiger partial charge in [-0.1, -0.05) is 0 Å². The summed E-state index contributed by atoms with van der Waals surface area (Å²) < 4.78 is 9.60. The molecule has 0 spiro atoms. The molecule has 0 saturated carbocycles. The van der Waals surface area contributed by atoms with Crippen LogP contribution < -0.4 is 21.3 Å². The molecule has 0 aromatic heterocycles. The third kappa shape index (κ3) is 11.6. The lowest BCUT2D eigenvalue weighted by atomic mass is 10.3. The molecule has 0 saturated heterocycles. The van der Waals surface area contributed by atoms with E-state index >= 15 is 0 Å². The van der Waals surface area contributed by atoms with Crippen molar-refractivity contribution in [3.8, 4) is 0 Å². The van der Waals surface area contributed by atoms with Gasteiger partial charge in [-0.05, 0) is 20.8 Å². The van der Waals surface area contributed by atoms with Gasteiger partial charge in [-0.3, -0.25) is 28.8 Å². The predicted molar refractivity (Wildman–Crippen MR) is 94.2 cm³/mol. The minimum Gasteiger partial charge on any atom is -0.452 e. The van der Waals surface area contributed by atoms with Crippen molar-refractivity contribution >= 4 is 35.4 Å². The number of amides is 4. The summed E-state index contributed by atoms with van der Waals surface area (Å²) >= 11 is 0. The van der Waals surface area contributed by atoms with E-state index in [9.17, 15) is 28.8 Å². The summed E-state index contributed by atoms with van der Waals surface area (Å²) in [6.45, 7) is 3.63. The molecule has 0 bridgehead atoms. The van der Waals surface area contributed by atoms with E-state index in [2.05, 4.69) is 21.3 Å². The number of nitrogens with one attached hydrogen (secondary N) is 4. The molecular weight excluding hydrogens is 376 g/mol. The molecule has 0 aromatic carbocycles. The van der Waals surface area contributed by atoms with Gasteiger partial charge in [0.1, 0.15) is 18.3 Å². The normalized spacial score (nSPS) is 12.1. The average molecular weight is 402 g/mol. The molecule has 158 valence electrons. The van der Waals surface area contributed by atoms with Gasteiger partial charge in [0.2, 0.25) is 17.7 Å². The highest BCUT2D eigenvalue weighted by Crippen LogP contribution is 1.95. The van der Waals surface area contributed by atoms with Gasteiger partial charge in [0.05, 0.1) is 19.8 Å². The van der Waals surface area contributed by atoms with Gasteiger partial charge >= 0.3 is 5.97 Å². The Labute approximate surface area is 162 Å². The van der Waals surface area contributed by atoms with E-state index in [1.807, 2.05) is 0 Å². The Morgan fingerprint density at radius 3 is 1.71 bits per heavy atom. The molecule has 0 aliphatic carbocycles. The number of hydrogen-bond acceptors (Lipinski definition) is 8. The van der Waals surface area contributed by atoms with E-state index in [1.165, 1.54) is 27.9 Å². The van der Waals surface area contributed by atoms with Crippen LogP contribution in [-0.2, 0) is 38.2 Å². The van der Waals surface area contributed by atoms with Crippen LogP contribution in [0.2, 0.25) is 0 Å². The van der Waals surface area contributed by atoms with Crippen LogP contribution in [0.5, 0.6) is 0 Å². The molecule has 4 amide bonds. The van der Waals surface area contributed by atoms with Crippen molar-refractivity contribution in [3.05, 3.63) is 0 Å². The van der Waals surface area contributed by atoms with Gasteiger partial charge in [-0.2, -0.15) is 0 Å². The van der Waals surface area contributed by atoms with Gasteiger partial charge in [0.15, 0.2) is 6.10 Å². The topological polar surface area (TPSA) is 169 Å². The highest BCUT2D eigenvalue weighted by Gasteiger charge is 2.20. The van der Waals surface area contributed by atoms with E-state index in [1.54, 1.807) is 0 Å². The Morgan fingerprint density at radius 2 is 1.21 bits per heavy atom. The van der Waals surface area contributed by atoms with Crippen molar-refractivity contribution in [3.63, 3.8) is 0 Å². The summed E-state index contributed by atoms with van der Waals surface area (Å²) in [6.07, 6.45) is -2.84. The Morgan fingerprint density at radius 1 is 0.750 bits per heavy atom. The lowest BCUT2D eigenvalue weighted by Gasteiger charge is -2.15. The molecule has 2 unspecified atom stereocenters. The van der Waals surface area contributed by atoms with Crippen molar-refractivity contribution < 1.29 is 38.2 Å². The van der Waals surface area contributed by atoms with E-state index in [0.29, 0.717) is 0 Å². The minimum absolute atomic E-state index is 0.187. The second kappa shape index (κ2) is 13.2. The molecule has 0 rings (SSSR count). The van der Waals surface area contributed by atoms with Crippen LogP contribution in [0.4, 0.5) is 0 Å². The first-order valence-electron chi connectivity index (χ1n) is 8.37. The highest BCUT2D eigenvalue weighted by atomic mass is 16.5. The summed E-state index contributed by atoms with van der Waals surface area (Å²) in [5.41, 5.74) is 0. The second-order valence-electron chi connectivity index (χ2n) is 5.70. The minimum atomic E-state index is -1.19. The molecule has 12 nitrogen and oxygen atoms in total. The quantitative estimate of drug-likeness (QED) is 0.160. The van der Waals surface area contributed by atoms with Crippen molar-refractivity contribution in [2.75, 3.05) is 20.4 Å². The molecule has 0 fully saturated rings. The second-order valence-corrected chi connectivity index (χ2v) is 5.70. The van der Waals surface area contributed by atoms with Gasteiger partial charge in [0.25, 0.3) is 5.91 Å². The van der Waals surface area contributed by atoms with Crippen LogP contribution in [-0.4, -0.2) is 68.0 Å². The lowest BCUT2D eigenvalue weighted by Crippen LogP contribution is -2.45. The van der Waals surface area contributed by atoms with Crippen LogP contribution >= 0.6 is 0 Å². The summed E-state index contributed by atoms with van der Waals surface area (Å²) in [4.78, 5) is 68.4. The third-order valence-electron chi connectivity index (χ3n) is 3.21. The maximum atomic E-state index is 11.8. The Hall–Kier alpha value is -3.02. The highest BCUT2D eigenvalue weighted by molar-refractivity contribution is 5.97. The number of hydrogen-bond donors (Lipinski definition) is 4. The van der Waals surface area contributed by atoms with Crippen LogP contribution in [0.3, 0.4) is 0 Å². The third-order valence-corrected chi connectivity index (χ3v) is 3.21. The number of carbonyl (C=O) groups is 6. The first-order chi connectivity index (χ1) is 13.1. The Balaban J connectivity index is 4.07. The predicted octanol–water partition coefficient (Wildman–Crippen LogP) is -2.30. The molecular formula is C16H26N4O8. The van der Waals surface area contributed by atoms with E-state index in [0.717, 1.165) is 0 Å². The fourth-order valence-corrected chi connectivity index (χ4v) is 1.63. The Kier molecular flexibility index (Phi) is 11.8. The number of Topliss-reactive ketones (excluding diaryl/α,β-unsaturated/α-hetero) is 1. The largest absolute Gasteiger partial charge is 0.452 e. The number of ketones is 1. The number of methoxy groups -OCH3 is 1. The SMILES string of the molecule is COC(C)C(=O)NCNC(=O)C(C)OC(=O)CC(=O)NCNC(=O)CC(C)=O. The van der Waals surface area contributed by atoms with Gasteiger partial charge in [-0.15, -0.1) is 0 Å². The maximum Gasteiger partial charge on any atom is 0.316 e. The summed E-state index contributed by atoms with van der Waals surface area (Å²) in [6, 6.07) is 0. The van der Waals surface area contributed by atoms with Gasteiger partial charge < -0.3 is 30.7 Å². The van der Waals surface area contributed by atoms with E-state index in [4.69, 9.17) is 9.47 Å². The van der Waals surface area contributed by atoms with E-state index < -0.39 is 48.2 Å². The smallest absolute Gasteiger partial charge is 0.316 e. The summed E-state index contributed by atoms with van der Waals surface area (Å²) in [5, 5.41) is 9.24. The summed E-state index contributed by atoms with van der Waals surface area (Å²) in [5.74, 6) is -3.68. The molecule has 0 aromatic rings. The molecule has 0 aliphatic heterocycles. The maximum absolute atomic E-state index is 11.8. The van der Waals surface area contributed by atoms with Crippen molar-refractivity contribution in [2.24, 2.45) is 0 Å². The monoisotopic (exact) mass is 402 g/mol. The molecule has 0 radical (unpaired) electrons. The average Bonchev–Trinajstić information content (AvgIpc) is 2.59. The fraction of sp³-hybridized carbons (Fsp3) is 0.625. The van der Waals surface area contributed by atoms with Crippen LogP contribution in [0.1, 0.15) is 33.6 Å². The first-order valence-corrected chi connectivity index (χ1v) is 8.37. The number of ether oxygens (including phenoxy) is 2.